The van der Waals surface area contributed by atoms with Crippen molar-refractivity contribution in [3.8, 4) is 5.75 Å². The van der Waals surface area contributed by atoms with Crippen LogP contribution in [0.5, 0.6) is 5.75 Å². The zero-order valence-corrected chi connectivity index (χ0v) is 15.2. The van der Waals surface area contributed by atoms with Gasteiger partial charge in [-0.2, -0.15) is 5.10 Å². The van der Waals surface area contributed by atoms with Gasteiger partial charge in [0.1, 0.15) is 5.75 Å². The van der Waals surface area contributed by atoms with Gasteiger partial charge in [-0.3, -0.25) is 4.68 Å². The predicted molar refractivity (Wildman–Crippen MR) is 99.2 cm³/mol. The number of aromatic nitrogens is 2. The molecule has 2 amide bonds. The fraction of sp³-hybridized carbons (Fsp3) is 0.500. The summed E-state index contributed by atoms with van der Waals surface area (Å²) in [6, 6.07) is 10.2. The van der Waals surface area contributed by atoms with Gasteiger partial charge in [-0.1, -0.05) is 18.2 Å². The van der Waals surface area contributed by atoms with E-state index in [2.05, 4.69) is 22.5 Å². The molecule has 1 atom stereocenters. The van der Waals surface area contributed by atoms with Crippen LogP contribution < -0.4 is 10.1 Å². The van der Waals surface area contributed by atoms with Crippen molar-refractivity contribution in [3.05, 3.63) is 47.8 Å². The second-order valence-electron chi connectivity index (χ2n) is 7.21. The van der Waals surface area contributed by atoms with Crippen molar-refractivity contribution in [1.29, 1.82) is 0 Å². The molecule has 1 N–H and O–H groups in total. The Labute approximate surface area is 154 Å². The van der Waals surface area contributed by atoms with Crippen molar-refractivity contribution < 1.29 is 9.53 Å². The van der Waals surface area contributed by atoms with Crippen LogP contribution in [0.2, 0.25) is 0 Å². The van der Waals surface area contributed by atoms with Crippen LogP contribution in [-0.4, -0.2) is 40.4 Å². The molecule has 4 rings (SSSR count). The molecule has 0 radical (unpaired) electrons. The van der Waals surface area contributed by atoms with E-state index in [0.717, 1.165) is 55.8 Å². The van der Waals surface area contributed by atoms with E-state index in [9.17, 15) is 4.79 Å². The topological polar surface area (TPSA) is 59.4 Å². The third kappa shape index (κ3) is 3.54. The molecule has 2 aliphatic rings. The Morgan fingerprint density at radius 1 is 1.19 bits per heavy atom. The van der Waals surface area contributed by atoms with E-state index >= 15 is 0 Å². The molecule has 3 heterocycles. The van der Waals surface area contributed by atoms with Crippen molar-refractivity contribution in [2.45, 2.75) is 37.6 Å². The highest BCUT2D eigenvalue weighted by atomic mass is 16.5. The van der Waals surface area contributed by atoms with E-state index in [4.69, 9.17) is 4.74 Å². The summed E-state index contributed by atoms with van der Waals surface area (Å²) in [5.41, 5.74) is 2.23. The molecule has 1 fully saturated rings. The number of para-hydroxylation sites is 1. The number of nitrogens with one attached hydrogen (secondary N) is 1. The van der Waals surface area contributed by atoms with Crippen LogP contribution in [0.1, 0.15) is 48.9 Å². The van der Waals surface area contributed by atoms with Crippen LogP contribution in [0.3, 0.4) is 0 Å². The Bertz CT molecular complexity index is 765. The number of ether oxygens (including phenoxy) is 1. The van der Waals surface area contributed by atoms with E-state index in [-0.39, 0.29) is 12.1 Å². The van der Waals surface area contributed by atoms with Crippen molar-refractivity contribution in [3.63, 3.8) is 0 Å². The monoisotopic (exact) mass is 354 g/mol. The first-order valence-corrected chi connectivity index (χ1v) is 9.47. The van der Waals surface area contributed by atoms with E-state index in [1.54, 1.807) is 0 Å². The standard InChI is InChI=1S/C20H26N4O2/c1-23-11-10-17(22-23)15-8-12-24(13-9-15)20(25)21-18-6-4-14-26-19-7-3-2-5-16(18)19/h2-3,5,7,10-11,15,18H,4,6,8-9,12-14H2,1H3,(H,21,25). The Morgan fingerprint density at radius 3 is 2.77 bits per heavy atom. The Balaban J connectivity index is 1.37. The maximum atomic E-state index is 12.8. The molecular formula is C20H26N4O2. The molecule has 0 aliphatic carbocycles. The number of fused-ring (bicyclic) bond motifs is 1. The van der Waals surface area contributed by atoms with Crippen molar-refractivity contribution in [1.82, 2.24) is 20.0 Å². The highest BCUT2D eigenvalue weighted by molar-refractivity contribution is 5.75. The summed E-state index contributed by atoms with van der Waals surface area (Å²) < 4.78 is 7.64. The highest BCUT2D eigenvalue weighted by Crippen LogP contribution is 2.32. The number of hydrogen-bond donors (Lipinski definition) is 1. The number of nitrogens with zero attached hydrogens (tertiary/aromatic N) is 3. The van der Waals surface area contributed by atoms with Crippen LogP contribution in [0.15, 0.2) is 36.5 Å². The molecule has 26 heavy (non-hydrogen) atoms. The molecule has 1 aromatic carbocycles. The first-order chi connectivity index (χ1) is 12.7. The highest BCUT2D eigenvalue weighted by Gasteiger charge is 2.28. The van der Waals surface area contributed by atoms with Crippen LogP contribution in [0.25, 0.3) is 0 Å². The zero-order valence-electron chi connectivity index (χ0n) is 15.2. The molecule has 0 bridgehead atoms. The average molecular weight is 354 g/mol. The number of benzene rings is 1. The first kappa shape index (κ1) is 16.9. The molecule has 1 aromatic heterocycles. The maximum Gasteiger partial charge on any atom is 0.317 e. The quantitative estimate of drug-likeness (QED) is 0.901. The molecule has 2 aromatic rings. The minimum atomic E-state index is 0.0229. The fourth-order valence-electron chi connectivity index (χ4n) is 3.94. The molecule has 138 valence electrons. The lowest BCUT2D eigenvalue weighted by atomic mass is 9.94. The number of piperidine rings is 1. The smallest absolute Gasteiger partial charge is 0.317 e. The lowest BCUT2D eigenvalue weighted by Gasteiger charge is -2.32. The summed E-state index contributed by atoms with van der Waals surface area (Å²) in [7, 11) is 1.94. The van der Waals surface area contributed by atoms with Gasteiger partial charge >= 0.3 is 6.03 Å². The molecule has 6 nitrogen and oxygen atoms in total. The van der Waals surface area contributed by atoms with Crippen molar-refractivity contribution >= 4 is 6.03 Å². The molecule has 1 unspecified atom stereocenters. The van der Waals surface area contributed by atoms with Gasteiger partial charge in [0.2, 0.25) is 0 Å². The molecular weight excluding hydrogens is 328 g/mol. The van der Waals surface area contributed by atoms with E-state index in [0.29, 0.717) is 12.5 Å². The summed E-state index contributed by atoms with van der Waals surface area (Å²) in [6.45, 7) is 2.26. The normalized spacial score (nSPS) is 20.8. The van der Waals surface area contributed by atoms with Gasteiger partial charge in [0.15, 0.2) is 0 Å². The number of carbonyl (C=O) groups is 1. The summed E-state index contributed by atoms with van der Waals surface area (Å²) in [5.74, 6) is 1.34. The Hall–Kier alpha value is -2.50. The Kier molecular flexibility index (Phi) is 4.82. The van der Waals surface area contributed by atoms with Gasteiger partial charge in [-0.25, -0.2) is 4.79 Å². The summed E-state index contributed by atoms with van der Waals surface area (Å²) in [6.07, 6.45) is 5.78. The number of carbonyl (C=O) groups excluding carboxylic acids is 1. The minimum Gasteiger partial charge on any atom is -0.493 e. The average Bonchev–Trinajstić information content (AvgIpc) is 3.00. The van der Waals surface area contributed by atoms with Crippen LogP contribution in [-0.2, 0) is 7.05 Å². The number of urea groups is 1. The molecule has 6 heteroatoms. The molecule has 1 saturated heterocycles. The van der Waals surface area contributed by atoms with Gasteiger partial charge in [-0.05, 0) is 37.8 Å². The number of amides is 2. The second-order valence-corrected chi connectivity index (χ2v) is 7.21. The van der Waals surface area contributed by atoms with Gasteiger partial charge < -0.3 is 15.0 Å². The molecule has 2 aliphatic heterocycles. The second kappa shape index (κ2) is 7.40. The third-order valence-corrected chi connectivity index (χ3v) is 5.42. The largest absolute Gasteiger partial charge is 0.493 e. The summed E-state index contributed by atoms with van der Waals surface area (Å²) in [4.78, 5) is 14.7. The SMILES string of the molecule is Cn1ccc(C2CCN(C(=O)NC3CCCOc4ccccc43)CC2)n1. The van der Waals surface area contributed by atoms with Gasteiger partial charge in [0, 0.05) is 37.8 Å². The van der Waals surface area contributed by atoms with Gasteiger partial charge in [0.05, 0.1) is 18.3 Å². The molecule has 0 saturated carbocycles. The van der Waals surface area contributed by atoms with Crippen LogP contribution in [0.4, 0.5) is 4.79 Å². The number of hydrogen-bond acceptors (Lipinski definition) is 3. The zero-order chi connectivity index (χ0) is 17.9. The van der Waals surface area contributed by atoms with Gasteiger partial charge in [-0.15, -0.1) is 0 Å². The van der Waals surface area contributed by atoms with Crippen LogP contribution in [0, 0.1) is 0 Å². The van der Waals surface area contributed by atoms with Crippen LogP contribution >= 0.6 is 0 Å². The lowest BCUT2D eigenvalue weighted by Crippen LogP contribution is -2.45. The molecule has 0 spiro atoms. The first-order valence-electron chi connectivity index (χ1n) is 9.47. The number of likely N-dealkylation sites (tertiary alicyclic amines) is 1. The van der Waals surface area contributed by atoms with Crippen molar-refractivity contribution in [2.75, 3.05) is 19.7 Å². The lowest BCUT2D eigenvalue weighted by molar-refractivity contribution is 0.176. The maximum absolute atomic E-state index is 12.8. The summed E-state index contributed by atoms with van der Waals surface area (Å²) in [5, 5.41) is 7.75. The number of rotatable bonds is 2. The predicted octanol–water partition coefficient (Wildman–Crippen LogP) is 3.22. The van der Waals surface area contributed by atoms with E-state index < -0.39 is 0 Å². The van der Waals surface area contributed by atoms with E-state index in [1.165, 1.54) is 0 Å². The van der Waals surface area contributed by atoms with Gasteiger partial charge in [0.25, 0.3) is 0 Å². The third-order valence-electron chi connectivity index (χ3n) is 5.42. The minimum absolute atomic E-state index is 0.0229. The Morgan fingerprint density at radius 2 is 2.00 bits per heavy atom. The summed E-state index contributed by atoms with van der Waals surface area (Å²) >= 11 is 0. The fourth-order valence-corrected chi connectivity index (χ4v) is 3.94. The number of aryl methyl sites for hydroxylation is 1. The van der Waals surface area contributed by atoms with E-state index in [1.807, 2.05) is 41.0 Å². The van der Waals surface area contributed by atoms with Crippen molar-refractivity contribution in [2.24, 2.45) is 7.05 Å².